The molecule has 1 saturated carbocycles. The van der Waals surface area contributed by atoms with E-state index in [4.69, 9.17) is 24.2 Å². The van der Waals surface area contributed by atoms with Gasteiger partial charge in [0.1, 0.15) is 30.3 Å². The lowest BCUT2D eigenvalue weighted by Crippen LogP contribution is -2.43. The summed E-state index contributed by atoms with van der Waals surface area (Å²) in [7, 11) is -3.10. The van der Waals surface area contributed by atoms with Crippen LogP contribution in [0.1, 0.15) is 24.9 Å². The van der Waals surface area contributed by atoms with Gasteiger partial charge in [-0.2, -0.15) is 10.1 Å². The van der Waals surface area contributed by atoms with Crippen LogP contribution in [0.2, 0.25) is 0 Å². The quantitative estimate of drug-likeness (QED) is 0.143. The number of nitrogen functional groups attached to an aromatic ring is 1. The zero-order valence-electron chi connectivity index (χ0n) is 22.5. The van der Waals surface area contributed by atoms with E-state index in [1.807, 2.05) is 6.07 Å². The number of ether oxygens (including phenoxy) is 1. The van der Waals surface area contributed by atoms with Gasteiger partial charge in [0, 0.05) is 12.6 Å². The maximum atomic E-state index is 15.7. The number of aliphatic hydroxyl groups is 1. The second-order valence-electron chi connectivity index (χ2n) is 9.55. The number of hydrogen-bond acceptors (Lipinski definition) is 10. The summed E-state index contributed by atoms with van der Waals surface area (Å²) in [6, 6.07) is 16.3. The summed E-state index contributed by atoms with van der Waals surface area (Å²) in [5.74, 6) is -0.564. The zero-order valence-corrected chi connectivity index (χ0v) is 23.4. The molecule has 3 aromatic rings. The molecule has 12 nitrogen and oxygen atoms in total. The van der Waals surface area contributed by atoms with Crippen LogP contribution in [-0.2, 0) is 29.9 Å². The molecule has 15 heteroatoms. The predicted octanol–water partition coefficient (Wildman–Crippen LogP) is 1.70. The van der Waals surface area contributed by atoms with Crippen LogP contribution >= 0.6 is 7.75 Å². The second kappa shape index (κ2) is 13.0. The van der Waals surface area contributed by atoms with Gasteiger partial charge in [-0.3, -0.25) is 13.9 Å². The highest BCUT2D eigenvalue weighted by Crippen LogP contribution is 2.54. The number of benzene rings is 2. The number of nitrogens with one attached hydrogen (secondary N) is 1. The Morgan fingerprint density at radius 1 is 1.24 bits per heavy atom. The molecule has 0 amide bonds. The van der Waals surface area contributed by atoms with Gasteiger partial charge >= 0.3 is 19.4 Å². The van der Waals surface area contributed by atoms with Gasteiger partial charge < -0.3 is 24.8 Å². The molecule has 2 aromatic carbocycles. The average molecular weight is 588 g/mol. The van der Waals surface area contributed by atoms with Crippen LogP contribution < -0.4 is 21.0 Å². The third-order valence-corrected chi connectivity index (χ3v) is 8.18. The Labute approximate surface area is 236 Å². The lowest BCUT2D eigenvalue weighted by molar-refractivity contribution is -0.146. The minimum Gasteiger partial charge on any atom is -0.460 e. The number of alkyl halides is 1. The van der Waals surface area contributed by atoms with E-state index < -0.39 is 56.0 Å². The zero-order chi connectivity index (χ0) is 29.6. The van der Waals surface area contributed by atoms with Gasteiger partial charge in [0.15, 0.2) is 5.67 Å². The molecule has 218 valence electrons. The number of halogens is 1. The van der Waals surface area contributed by atoms with E-state index in [-0.39, 0.29) is 24.6 Å². The average Bonchev–Trinajstić information content (AvgIpc) is 3.64. The number of esters is 1. The predicted molar refractivity (Wildman–Crippen MR) is 149 cm³/mol. The van der Waals surface area contributed by atoms with Gasteiger partial charge in [0.2, 0.25) is 0 Å². The van der Waals surface area contributed by atoms with Crippen molar-refractivity contribution >= 4 is 27.6 Å². The SMILES string of the molecule is BOC(CO[P@@](=O)(N[C@@H](C)C(=O)OCc1ccccc1)Oc1ccccc1)[C@H](O)[C@]1(F)C[C@H]1n1ccc(N)nc1=O. The van der Waals surface area contributed by atoms with E-state index in [1.54, 1.807) is 42.5 Å². The molecule has 0 spiro atoms. The van der Waals surface area contributed by atoms with Gasteiger partial charge in [0.05, 0.1) is 18.8 Å². The molecular formula is C26H31BFN4O8P. The number of carbonyl (C=O) groups is 1. The first-order valence-corrected chi connectivity index (χ1v) is 14.3. The van der Waals surface area contributed by atoms with Crippen LogP contribution in [0.5, 0.6) is 5.75 Å². The van der Waals surface area contributed by atoms with E-state index in [0.29, 0.717) is 0 Å². The minimum atomic E-state index is -4.32. The number of carbonyl (C=O) groups excluding carboxylic acids is 1. The summed E-state index contributed by atoms with van der Waals surface area (Å²) in [6.45, 7) is 0.832. The number of aliphatic hydroxyl groups excluding tert-OH is 1. The van der Waals surface area contributed by atoms with Crippen molar-refractivity contribution in [1.82, 2.24) is 14.6 Å². The smallest absolute Gasteiger partial charge is 0.459 e. The highest BCUT2D eigenvalue weighted by Gasteiger charge is 2.64. The molecule has 1 unspecified atom stereocenters. The first-order valence-electron chi connectivity index (χ1n) is 12.8. The largest absolute Gasteiger partial charge is 0.460 e. The summed E-state index contributed by atoms with van der Waals surface area (Å²) >= 11 is 0. The molecule has 6 atom stereocenters. The lowest BCUT2D eigenvalue weighted by atomic mass is 10.1. The summed E-state index contributed by atoms with van der Waals surface area (Å²) in [5.41, 5.74) is 3.25. The number of aromatic nitrogens is 2. The van der Waals surface area contributed by atoms with Gasteiger partial charge in [-0.1, -0.05) is 48.5 Å². The monoisotopic (exact) mass is 588 g/mol. The van der Waals surface area contributed by atoms with E-state index in [2.05, 4.69) is 10.1 Å². The van der Waals surface area contributed by atoms with Gasteiger partial charge in [0.25, 0.3) is 8.05 Å². The van der Waals surface area contributed by atoms with Crippen molar-refractivity contribution in [3.05, 3.63) is 89.0 Å². The van der Waals surface area contributed by atoms with Crippen LogP contribution in [0.3, 0.4) is 0 Å². The van der Waals surface area contributed by atoms with Crippen molar-refractivity contribution in [3.8, 4) is 5.75 Å². The third-order valence-electron chi connectivity index (χ3n) is 6.54. The molecule has 1 aliphatic carbocycles. The fraction of sp³-hybridized carbons (Fsp3) is 0.346. The molecule has 0 bridgehead atoms. The summed E-state index contributed by atoms with van der Waals surface area (Å²) in [6.07, 6.45) is -2.00. The molecule has 0 aliphatic heterocycles. The van der Waals surface area contributed by atoms with Crippen molar-refractivity contribution in [2.45, 2.75) is 49.9 Å². The van der Waals surface area contributed by atoms with Crippen LogP contribution in [0.15, 0.2) is 77.7 Å². The molecule has 1 aliphatic rings. The van der Waals surface area contributed by atoms with E-state index in [9.17, 15) is 19.3 Å². The topological polar surface area (TPSA) is 164 Å². The number of para-hydroxylation sites is 1. The molecular weight excluding hydrogens is 557 g/mol. The Balaban J connectivity index is 1.44. The number of anilines is 1. The normalized spacial score (nSPS) is 21.7. The van der Waals surface area contributed by atoms with Crippen LogP contribution in [-0.4, -0.2) is 59.2 Å². The van der Waals surface area contributed by atoms with Crippen molar-refractivity contribution in [3.63, 3.8) is 0 Å². The molecule has 1 fully saturated rings. The van der Waals surface area contributed by atoms with Gasteiger partial charge in [-0.25, -0.2) is 13.8 Å². The summed E-state index contributed by atoms with van der Waals surface area (Å²) in [5, 5.41) is 13.4. The summed E-state index contributed by atoms with van der Waals surface area (Å²) < 4.78 is 52.2. The summed E-state index contributed by atoms with van der Waals surface area (Å²) in [4.78, 5) is 28.4. The number of nitrogens with two attached hydrogens (primary N) is 1. The Hall–Kier alpha value is -3.55. The highest BCUT2D eigenvalue weighted by atomic mass is 31.2. The first kappa shape index (κ1) is 30.4. The molecule has 0 saturated heterocycles. The fourth-order valence-corrected chi connectivity index (χ4v) is 5.67. The Morgan fingerprint density at radius 2 is 1.90 bits per heavy atom. The lowest BCUT2D eigenvalue weighted by Gasteiger charge is -2.28. The highest BCUT2D eigenvalue weighted by molar-refractivity contribution is 7.52. The molecule has 4 N–H and O–H groups in total. The Kier molecular flexibility index (Phi) is 9.62. The number of nitrogens with zero attached hydrogens (tertiary/aromatic N) is 2. The van der Waals surface area contributed by atoms with Gasteiger partial charge in [-0.05, 0) is 30.7 Å². The second-order valence-corrected chi connectivity index (χ2v) is 11.2. The third kappa shape index (κ3) is 7.60. The van der Waals surface area contributed by atoms with Crippen molar-refractivity contribution in [1.29, 1.82) is 0 Å². The van der Waals surface area contributed by atoms with E-state index >= 15 is 4.39 Å². The van der Waals surface area contributed by atoms with E-state index in [0.717, 1.165) is 10.1 Å². The molecule has 1 heterocycles. The van der Waals surface area contributed by atoms with Crippen molar-refractivity contribution in [2.75, 3.05) is 12.3 Å². The van der Waals surface area contributed by atoms with Crippen LogP contribution in [0.4, 0.5) is 10.2 Å². The van der Waals surface area contributed by atoms with Crippen LogP contribution in [0.25, 0.3) is 0 Å². The number of rotatable bonds is 14. The maximum absolute atomic E-state index is 15.7. The minimum absolute atomic E-state index is 0.000693. The molecule has 1 aromatic heterocycles. The molecule has 0 radical (unpaired) electrons. The fourth-order valence-electron chi connectivity index (χ4n) is 4.17. The van der Waals surface area contributed by atoms with E-state index in [1.165, 1.54) is 39.4 Å². The Bertz CT molecular complexity index is 1440. The first-order chi connectivity index (χ1) is 19.5. The molecule has 4 rings (SSSR count). The van der Waals surface area contributed by atoms with Gasteiger partial charge in [-0.15, -0.1) is 0 Å². The van der Waals surface area contributed by atoms with Crippen LogP contribution in [0, 0.1) is 0 Å². The standard InChI is InChI=1S/C26H31BFN4O8P/c1-17(24(34)37-15-18-8-4-2-5-9-18)31-41(36,40-19-10-6-3-7-11-19)38-16-20(39-27)23(33)26(28)14-21(26)32-13-12-22(29)30-25(32)35/h2-13,17,20-21,23,33H,14-16,27H2,1H3,(H,31,36)(H2,29,30,35)/t17-,20?,21+,23-,26-,41-/m0/s1. The van der Waals surface area contributed by atoms with Crippen molar-refractivity contribution in [2.24, 2.45) is 0 Å². The Morgan fingerprint density at radius 3 is 2.54 bits per heavy atom. The van der Waals surface area contributed by atoms with Crippen molar-refractivity contribution < 1.29 is 37.3 Å². The maximum Gasteiger partial charge on any atom is 0.459 e. The number of hydrogen-bond donors (Lipinski definition) is 3. The molecule has 41 heavy (non-hydrogen) atoms.